The number of carbonyl (C=O) groups excluding carboxylic acids is 1. The first-order chi connectivity index (χ1) is 10.0. The minimum absolute atomic E-state index is 0.156. The minimum Gasteiger partial charge on any atom is -0.398 e. The molecule has 7 heteroatoms. The van der Waals surface area contributed by atoms with Gasteiger partial charge in [-0.3, -0.25) is 4.79 Å². The Bertz CT molecular complexity index is 827. The molecule has 1 amide bonds. The summed E-state index contributed by atoms with van der Waals surface area (Å²) in [4.78, 5) is 22.1. The number of benzene rings is 1. The molecule has 0 radical (unpaired) electrons. The molecule has 0 fully saturated rings. The van der Waals surface area contributed by atoms with E-state index in [1.807, 2.05) is 31.2 Å². The van der Waals surface area contributed by atoms with Crippen LogP contribution in [0.1, 0.15) is 14.5 Å². The quantitative estimate of drug-likeness (QED) is 0.758. The van der Waals surface area contributed by atoms with Gasteiger partial charge in [-0.2, -0.15) is 0 Å². The number of nitrogens with zero attached hydrogens (tertiary/aromatic N) is 2. The maximum absolute atomic E-state index is 12.2. The van der Waals surface area contributed by atoms with Gasteiger partial charge in [-0.15, -0.1) is 11.3 Å². The zero-order chi connectivity index (χ0) is 15.0. The summed E-state index contributed by atoms with van der Waals surface area (Å²) in [7, 11) is 0. The Morgan fingerprint density at radius 1 is 1.29 bits per heavy atom. The fraction of sp³-hybridized carbons (Fsp3) is 0.0714. The first kappa shape index (κ1) is 13.8. The van der Waals surface area contributed by atoms with Gasteiger partial charge in [0.25, 0.3) is 5.91 Å². The molecule has 2 heterocycles. The maximum Gasteiger partial charge on any atom is 0.267 e. The molecular weight excluding hydrogens is 308 g/mol. The van der Waals surface area contributed by atoms with Crippen LogP contribution in [-0.2, 0) is 0 Å². The third-order valence-electron chi connectivity index (χ3n) is 2.94. The Kier molecular flexibility index (Phi) is 3.48. The molecule has 0 aliphatic carbocycles. The Morgan fingerprint density at radius 3 is 2.57 bits per heavy atom. The molecule has 3 rings (SSSR count). The Balaban J connectivity index is 1.94. The summed E-state index contributed by atoms with van der Waals surface area (Å²) < 4.78 is 0. The molecule has 0 aliphatic rings. The molecule has 5 nitrogen and oxygen atoms in total. The van der Waals surface area contributed by atoms with Crippen molar-refractivity contribution in [2.45, 2.75) is 6.92 Å². The molecule has 3 aromatic rings. The van der Waals surface area contributed by atoms with E-state index in [9.17, 15) is 4.79 Å². The van der Waals surface area contributed by atoms with E-state index in [4.69, 9.17) is 17.3 Å². The van der Waals surface area contributed by atoms with Crippen LogP contribution in [-0.4, -0.2) is 15.9 Å². The number of rotatable bonds is 2. The van der Waals surface area contributed by atoms with E-state index in [2.05, 4.69) is 15.3 Å². The third kappa shape index (κ3) is 2.68. The molecule has 1 aromatic carbocycles. The van der Waals surface area contributed by atoms with Gasteiger partial charge in [0, 0.05) is 10.6 Å². The summed E-state index contributed by atoms with van der Waals surface area (Å²) in [5.41, 5.74) is 7.69. The number of nitrogens with two attached hydrogens (primary N) is 1. The van der Waals surface area contributed by atoms with E-state index in [0.717, 1.165) is 4.88 Å². The van der Waals surface area contributed by atoms with Crippen LogP contribution in [0.25, 0.3) is 11.0 Å². The Labute approximate surface area is 129 Å². The molecular formula is C14H11ClN4OS. The number of anilines is 2. The monoisotopic (exact) mass is 318 g/mol. The van der Waals surface area contributed by atoms with Crippen LogP contribution in [0, 0.1) is 6.92 Å². The number of fused-ring (bicyclic) bond motifs is 1. The normalized spacial score (nSPS) is 10.8. The molecule has 0 atom stereocenters. The van der Waals surface area contributed by atoms with Crippen molar-refractivity contribution in [2.75, 3.05) is 11.1 Å². The second kappa shape index (κ2) is 5.31. The van der Waals surface area contributed by atoms with Crippen molar-refractivity contribution in [1.82, 2.24) is 9.97 Å². The standard InChI is InChI=1S/C14H11ClN4OS/c1-7-8(16)6-11(21-7)14(20)19-13-12(15)17-9-4-2-3-5-10(9)18-13/h2-6H,16H2,1H3,(H,18,19,20). The average molecular weight is 319 g/mol. The van der Waals surface area contributed by atoms with Gasteiger partial charge in [0.05, 0.1) is 15.9 Å². The van der Waals surface area contributed by atoms with Gasteiger partial charge in [-0.1, -0.05) is 23.7 Å². The van der Waals surface area contributed by atoms with Gasteiger partial charge >= 0.3 is 0 Å². The number of carbonyl (C=O) groups is 1. The number of halogens is 1. The zero-order valence-corrected chi connectivity index (χ0v) is 12.6. The second-order valence-electron chi connectivity index (χ2n) is 4.43. The first-order valence-electron chi connectivity index (χ1n) is 6.14. The van der Waals surface area contributed by atoms with E-state index in [0.29, 0.717) is 21.6 Å². The number of amides is 1. The number of thiophene rings is 1. The van der Waals surface area contributed by atoms with Gasteiger partial charge < -0.3 is 11.1 Å². The third-order valence-corrected chi connectivity index (χ3v) is 4.27. The molecule has 0 saturated carbocycles. The smallest absolute Gasteiger partial charge is 0.267 e. The largest absolute Gasteiger partial charge is 0.398 e. The van der Waals surface area contributed by atoms with Crippen molar-refractivity contribution in [3.05, 3.63) is 45.2 Å². The van der Waals surface area contributed by atoms with Crippen LogP contribution >= 0.6 is 22.9 Å². The van der Waals surface area contributed by atoms with Gasteiger partial charge in [0.2, 0.25) is 0 Å². The zero-order valence-electron chi connectivity index (χ0n) is 11.1. The Hall–Kier alpha value is -2.18. The minimum atomic E-state index is -0.300. The molecule has 21 heavy (non-hydrogen) atoms. The van der Waals surface area contributed by atoms with Crippen molar-refractivity contribution in [3.63, 3.8) is 0 Å². The lowest BCUT2D eigenvalue weighted by Gasteiger charge is -2.06. The highest BCUT2D eigenvalue weighted by Crippen LogP contribution is 2.26. The predicted octanol–water partition coefficient (Wildman–Crippen LogP) is 3.49. The predicted molar refractivity (Wildman–Crippen MR) is 86.0 cm³/mol. The van der Waals surface area contributed by atoms with Crippen molar-refractivity contribution in [1.29, 1.82) is 0 Å². The van der Waals surface area contributed by atoms with Crippen molar-refractivity contribution in [2.24, 2.45) is 0 Å². The number of para-hydroxylation sites is 2. The number of nitrogens with one attached hydrogen (secondary N) is 1. The lowest BCUT2D eigenvalue weighted by molar-refractivity contribution is 0.103. The molecule has 0 spiro atoms. The number of aromatic nitrogens is 2. The lowest BCUT2D eigenvalue weighted by atomic mass is 10.3. The summed E-state index contributed by atoms with van der Waals surface area (Å²) in [6.45, 7) is 1.86. The van der Waals surface area contributed by atoms with E-state index in [-0.39, 0.29) is 16.9 Å². The lowest BCUT2D eigenvalue weighted by Crippen LogP contribution is -2.12. The van der Waals surface area contributed by atoms with Gasteiger partial charge in [0.1, 0.15) is 0 Å². The highest BCUT2D eigenvalue weighted by atomic mass is 35.5. The molecule has 0 saturated heterocycles. The summed E-state index contributed by atoms with van der Waals surface area (Å²) in [5.74, 6) is -0.0590. The number of nitrogen functional groups attached to an aromatic ring is 1. The average Bonchev–Trinajstić information content (AvgIpc) is 2.79. The van der Waals surface area contributed by atoms with E-state index < -0.39 is 0 Å². The van der Waals surface area contributed by atoms with Crippen LogP contribution in [0.2, 0.25) is 5.15 Å². The highest BCUT2D eigenvalue weighted by molar-refractivity contribution is 7.14. The first-order valence-corrected chi connectivity index (χ1v) is 7.33. The fourth-order valence-corrected chi connectivity index (χ4v) is 2.85. The summed E-state index contributed by atoms with van der Waals surface area (Å²) in [6.07, 6.45) is 0. The molecule has 106 valence electrons. The van der Waals surface area contributed by atoms with Gasteiger partial charge in [0.15, 0.2) is 11.0 Å². The van der Waals surface area contributed by atoms with Crippen LogP contribution < -0.4 is 11.1 Å². The van der Waals surface area contributed by atoms with E-state index >= 15 is 0 Å². The van der Waals surface area contributed by atoms with Crippen LogP contribution in [0.5, 0.6) is 0 Å². The van der Waals surface area contributed by atoms with Crippen molar-refractivity contribution in [3.8, 4) is 0 Å². The van der Waals surface area contributed by atoms with E-state index in [1.165, 1.54) is 11.3 Å². The summed E-state index contributed by atoms with van der Waals surface area (Å²) in [6, 6.07) is 8.95. The number of aryl methyl sites for hydroxylation is 1. The second-order valence-corrected chi connectivity index (χ2v) is 6.04. The van der Waals surface area contributed by atoms with Crippen LogP contribution in [0.3, 0.4) is 0 Å². The van der Waals surface area contributed by atoms with Crippen LogP contribution in [0.15, 0.2) is 30.3 Å². The fourth-order valence-electron chi connectivity index (χ4n) is 1.84. The molecule has 3 N–H and O–H groups in total. The van der Waals surface area contributed by atoms with Crippen molar-refractivity contribution >= 4 is 51.4 Å². The maximum atomic E-state index is 12.2. The van der Waals surface area contributed by atoms with Crippen LogP contribution in [0.4, 0.5) is 11.5 Å². The van der Waals surface area contributed by atoms with Crippen molar-refractivity contribution < 1.29 is 4.79 Å². The summed E-state index contributed by atoms with van der Waals surface area (Å²) in [5, 5.41) is 2.83. The molecule has 0 bridgehead atoms. The highest BCUT2D eigenvalue weighted by Gasteiger charge is 2.14. The molecule has 0 aliphatic heterocycles. The number of hydrogen-bond donors (Lipinski definition) is 2. The number of hydrogen-bond acceptors (Lipinski definition) is 5. The SMILES string of the molecule is Cc1sc(C(=O)Nc2nc3ccccc3nc2Cl)cc1N. The van der Waals surface area contributed by atoms with E-state index in [1.54, 1.807) is 6.07 Å². The summed E-state index contributed by atoms with van der Waals surface area (Å²) >= 11 is 7.38. The molecule has 2 aromatic heterocycles. The Morgan fingerprint density at radius 2 is 1.95 bits per heavy atom. The van der Waals surface area contributed by atoms with Gasteiger partial charge in [-0.05, 0) is 25.1 Å². The topological polar surface area (TPSA) is 80.9 Å². The molecule has 0 unspecified atom stereocenters. The van der Waals surface area contributed by atoms with Gasteiger partial charge in [-0.25, -0.2) is 9.97 Å².